The Morgan fingerprint density at radius 1 is 1.09 bits per heavy atom. The predicted octanol–water partition coefficient (Wildman–Crippen LogP) is 3.04. The largest absolute Gasteiger partial charge is 0.482 e. The van der Waals surface area contributed by atoms with Gasteiger partial charge in [-0.15, -0.1) is 0 Å². The summed E-state index contributed by atoms with van der Waals surface area (Å²) in [4.78, 5) is 23.7. The standard InChI is InChI=1S/C18H18ClNO3/c1-13(21)16(11-14-7-3-2-4-8-14)20-18(22)12-23-17-10-6-5-9-15(17)19/h2-10,16H,11-12H2,1H3,(H,20,22). The Morgan fingerprint density at radius 2 is 1.74 bits per heavy atom. The van der Waals surface area contributed by atoms with Crippen LogP contribution >= 0.6 is 11.6 Å². The summed E-state index contributed by atoms with van der Waals surface area (Å²) in [5.74, 6) is -0.0206. The zero-order valence-corrected chi connectivity index (χ0v) is 13.5. The summed E-state index contributed by atoms with van der Waals surface area (Å²) in [5.41, 5.74) is 0.986. The molecule has 120 valence electrons. The second-order valence-corrected chi connectivity index (χ2v) is 5.55. The highest BCUT2D eigenvalue weighted by molar-refractivity contribution is 6.32. The Labute approximate surface area is 140 Å². The van der Waals surface area contributed by atoms with Gasteiger partial charge in [-0.1, -0.05) is 54.1 Å². The summed E-state index contributed by atoms with van der Waals surface area (Å²) in [7, 11) is 0. The third-order valence-corrected chi connectivity index (χ3v) is 3.62. The molecule has 1 atom stereocenters. The quantitative estimate of drug-likeness (QED) is 0.848. The molecule has 0 aromatic heterocycles. The molecular formula is C18H18ClNO3. The van der Waals surface area contributed by atoms with E-state index in [0.29, 0.717) is 17.2 Å². The number of ether oxygens (including phenoxy) is 1. The van der Waals surface area contributed by atoms with Gasteiger partial charge in [-0.25, -0.2) is 0 Å². The van der Waals surface area contributed by atoms with Crippen molar-refractivity contribution >= 4 is 23.3 Å². The molecule has 1 amide bonds. The van der Waals surface area contributed by atoms with Gasteiger partial charge in [-0.05, 0) is 31.0 Å². The molecule has 0 bridgehead atoms. The van der Waals surface area contributed by atoms with E-state index >= 15 is 0 Å². The first-order valence-corrected chi connectivity index (χ1v) is 7.65. The molecule has 0 heterocycles. The fourth-order valence-corrected chi connectivity index (χ4v) is 2.28. The van der Waals surface area contributed by atoms with Crippen LogP contribution in [-0.2, 0) is 16.0 Å². The number of amides is 1. The second-order valence-electron chi connectivity index (χ2n) is 5.14. The Morgan fingerprint density at radius 3 is 2.39 bits per heavy atom. The number of benzene rings is 2. The summed E-state index contributed by atoms with van der Waals surface area (Å²) in [6.45, 7) is 1.27. The minimum Gasteiger partial charge on any atom is -0.482 e. The summed E-state index contributed by atoms with van der Waals surface area (Å²) in [6.07, 6.45) is 0.452. The van der Waals surface area contributed by atoms with E-state index in [1.54, 1.807) is 24.3 Å². The summed E-state index contributed by atoms with van der Waals surface area (Å²) < 4.78 is 5.37. The van der Waals surface area contributed by atoms with Gasteiger partial charge in [-0.2, -0.15) is 0 Å². The molecule has 2 aromatic carbocycles. The van der Waals surface area contributed by atoms with Gasteiger partial charge in [-0.3, -0.25) is 9.59 Å². The lowest BCUT2D eigenvalue weighted by atomic mass is 10.0. The summed E-state index contributed by atoms with van der Waals surface area (Å²) in [5, 5.41) is 3.14. The monoisotopic (exact) mass is 331 g/mol. The van der Waals surface area contributed by atoms with Gasteiger partial charge >= 0.3 is 0 Å². The molecule has 23 heavy (non-hydrogen) atoms. The van der Waals surface area contributed by atoms with Crippen LogP contribution in [0.2, 0.25) is 5.02 Å². The predicted molar refractivity (Wildman–Crippen MR) is 89.7 cm³/mol. The fraction of sp³-hybridized carbons (Fsp3) is 0.222. The van der Waals surface area contributed by atoms with E-state index in [9.17, 15) is 9.59 Å². The lowest BCUT2D eigenvalue weighted by Crippen LogP contribution is -2.43. The van der Waals surface area contributed by atoms with Gasteiger partial charge in [0.05, 0.1) is 11.1 Å². The Hall–Kier alpha value is -2.33. The van der Waals surface area contributed by atoms with Crippen molar-refractivity contribution in [3.63, 3.8) is 0 Å². The molecule has 0 saturated heterocycles. The van der Waals surface area contributed by atoms with E-state index in [4.69, 9.17) is 16.3 Å². The smallest absolute Gasteiger partial charge is 0.258 e. The summed E-state index contributed by atoms with van der Waals surface area (Å²) >= 11 is 5.96. The number of para-hydroxylation sites is 1. The van der Waals surface area contributed by atoms with Crippen molar-refractivity contribution in [2.45, 2.75) is 19.4 Å². The molecule has 0 aliphatic carbocycles. The molecule has 0 radical (unpaired) electrons. The SMILES string of the molecule is CC(=O)C(Cc1ccccc1)NC(=O)COc1ccccc1Cl. The van der Waals surface area contributed by atoms with Gasteiger partial charge in [0.15, 0.2) is 12.4 Å². The highest BCUT2D eigenvalue weighted by Gasteiger charge is 2.18. The number of rotatable bonds is 7. The summed E-state index contributed by atoms with van der Waals surface area (Å²) in [6, 6.07) is 15.9. The molecular weight excluding hydrogens is 314 g/mol. The van der Waals surface area contributed by atoms with Crippen molar-refractivity contribution in [2.75, 3.05) is 6.61 Å². The van der Waals surface area contributed by atoms with Crippen molar-refractivity contribution in [1.82, 2.24) is 5.32 Å². The normalized spacial score (nSPS) is 11.6. The third kappa shape index (κ3) is 5.42. The van der Waals surface area contributed by atoms with Crippen molar-refractivity contribution in [1.29, 1.82) is 0 Å². The average molecular weight is 332 g/mol. The maximum absolute atomic E-state index is 12.0. The number of hydrogen-bond donors (Lipinski definition) is 1. The number of ketones is 1. The van der Waals surface area contributed by atoms with Gasteiger partial charge in [0.25, 0.3) is 5.91 Å². The van der Waals surface area contributed by atoms with Crippen LogP contribution in [0, 0.1) is 0 Å². The minimum absolute atomic E-state index is 0.0973. The van der Waals surface area contributed by atoms with Crippen LogP contribution in [0.4, 0.5) is 0 Å². The lowest BCUT2D eigenvalue weighted by Gasteiger charge is -2.16. The van der Waals surface area contributed by atoms with E-state index in [0.717, 1.165) is 5.56 Å². The zero-order valence-electron chi connectivity index (χ0n) is 12.8. The van der Waals surface area contributed by atoms with Gasteiger partial charge in [0, 0.05) is 0 Å². The minimum atomic E-state index is -0.570. The number of halogens is 1. The molecule has 0 aliphatic rings. The first-order chi connectivity index (χ1) is 11.1. The number of hydrogen-bond acceptors (Lipinski definition) is 3. The average Bonchev–Trinajstić information content (AvgIpc) is 2.54. The van der Waals surface area contributed by atoms with E-state index < -0.39 is 6.04 Å². The highest BCUT2D eigenvalue weighted by atomic mass is 35.5. The van der Waals surface area contributed by atoms with Crippen molar-refractivity contribution < 1.29 is 14.3 Å². The molecule has 5 heteroatoms. The van der Waals surface area contributed by atoms with Crippen molar-refractivity contribution in [2.24, 2.45) is 0 Å². The molecule has 0 saturated carbocycles. The zero-order chi connectivity index (χ0) is 16.7. The van der Waals surface area contributed by atoms with Crippen LogP contribution in [-0.4, -0.2) is 24.3 Å². The molecule has 1 unspecified atom stereocenters. The van der Waals surface area contributed by atoms with Gasteiger partial charge in [0.2, 0.25) is 0 Å². The molecule has 2 rings (SSSR count). The first-order valence-electron chi connectivity index (χ1n) is 7.27. The number of carbonyl (C=O) groups is 2. The van der Waals surface area contributed by atoms with Crippen LogP contribution in [0.3, 0.4) is 0 Å². The van der Waals surface area contributed by atoms with E-state index in [-0.39, 0.29) is 18.3 Å². The Bertz CT molecular complexity index is 673. The van der Waals surface area contributed by atoms with Crippen LogP contribution in [0.15, 0.2) is 54.6 Å². The Kier molecular flexibility index (Phi) is 6.18. The highest BCUT2D eigenvalue weighted by Crippen LogP contribution is 2.22. The molecule has 0 spiro atoms. The van der Waals surface area contributed by atoms with E-state index in [1.807, 2.05) is 30.3 Å². The molecule has 0 fully saturated rings. The molecule has 2 aromatic rings. The molecule has 0 aliphatic heterocycles. The first kappa shape index (κ1) is 17.0. The van der Waals surface area contributed by atoms with Gasteiger partial charge in [0.1, 0.15) is 5.75 Å². The third-order valence-electron chi connectivity index (χ3n) is 3.30. The molecule has 4 nitrogen and oxygen atoms in total. The van der Waals surface area contributed by atoms with Crippen LogP contribution in [0.1, 0.15) is 12.5 Å². The molecule has 1 N–H and O–H groups in total. The maximum Gasteiger partial charge on any atom is 0.258 e. The maximum atomic E-state index is 12.0. The second kappa shape index (κ2) is 8.34. The Balaban J connectivity index is 1.91. The lowest BCUT2D eigenvalue weighted by molar-refractivity contribution is -0.128. The number of carbonyl (C=O) groups excluding carboxylic acids is 2. The fourth-order valence-electron chi connectivity index (χ4n) is 2.09. The van der Waals surface area contributed by atoms with E-state index in [1.165, 1.54) is 6.92 Å². The van der Waals surface area contributed by atoms with Crippen LogP contribution in [0.25, 0.3) is 0 Å². The van der Waals surface area contributed by atoms with E-state index in [2.05, 4.69) is 5.32 Å². The van der Waals surface area contributed by atoms with Crippen LogP contribution in [0.5, 0.6) is 5.75 Å². The number of Topliss-reactive ketones (excluding diaryl/α,β-unsaturated/α-hetero) is 1. The number of nitrogens with one attached hydrogen (secondary N) is 1. The van der Waals surface area contributed by atoms with Crippen LogP contribution < -0.4 is 10.1 Å². The van der Waals surface area contributed by atoms with Crippen molar-refractivity contribution in [3.8, 4) is 5.75 Å². The van der Waals surface area contributed by atoms with Crippen molar-refractivity contribution in [3.05, 3.63) is 65.2 Å². The topological polar surface area (TPSA) is 55.4 Å². The van der Waals surface area contributed by atoms with Gasteiger partial charge < -0.3 is 10.1 Å².